The Kier molecular flexibility index (Phi) is 4.84. The Morgan fingerprint density at radius 3 is 2.34 bits per heavy atom. The number of aromatic nitrogens is 3. The van der Waals surface area contributed by atoms with Crippen molar-refractivity contribution in [2.45, 2.75) is 39.4 Å². The molecule has 0 saturated carbocycles. The number of hydrogen-bond acceptors (Lipinski definition) is 4. The SMILES string of the molecule is CC(C)Oc1ccc(-n2nnc3ccc(-c4cccc(C(C)(C)O)c4)cc32)cc1. The van der Waals surface area contributed by atoms with Crippen LogP contribution >= 0.6 is 0 Å². The molecule has 4 aromatic rings. The second-order valence-corrected chi connectivity index (χ2v) is 8.01. The van der Waals surface area contributed by atoms with Gasteiger partial charge in [0.2, 0.25) is 0 Å². The lowest BCUT2D eigenvalue weighted by Crippen LogP contribution is -2.15. The van der Waals surface area contributed by atoms with E-state index >= 15 is 0 Å². The van der Waals surface area contributed by atoms with Gasteiger partial charge in [0.25, 0.3) is 0 Å². The van der Waals surface area contributed by atoms with Crippen LogP contribution in [0.4, 0.5) is 0 Å². The van der Waals surface area contributed by atoms with E-state index in [-0.39, 0.29) is 6.10 Å². The van der Waals surface area contributed by atoms with Gasteiger partial charge in [-0.25, -0.2) is 4.68 Å². The van der Waals surface area contributed by atoms with Gasteiger partial charge in [-0.05, 0) is 86.8 Å². The Balaban J connectivity index is 1.74. The van der Waals surface area contributed by atoms with E-state index in [0.717, 1.165) is 39.2 Å². The van der Waals surface area contributed by atoms with Gasteiger partial charge in [0.05, 0.1) is 22.9 Å². The molecule has 0 bridgehead atoms. The average Bonchev–Trinajstić information content (AvgIpc) is 3.11. The summed E-state index contributed by atoms with van der Waals surface area (Å²) in [5.41, 5.74) is 4.76. The number of fused-ring (bicyclic) bond motifs is 1. The third kappa shape index (κ3) is 4.00. The van der Waals surface area contributed by atoms with Crippen LogP contribution in [-0.2, 0) is 5.60 Å². The normalized spacial score (nSPS) is 11.9. The molecule has 0 aliphatic rings. The lowest BCUT2D eigenvalue weighted by molar-refractivity contribution is 0.0786. The number of nitrogens with zero attached hydrogens (tertiary/aromatic N) is 3. The molecular formula is C24H25N3O2. The van der Waals surface area contributed by atoms with Gasteiger partial charge in [-0.15, -0.1) is 5.10 Å². The zero-order chi connectivity index (χ0) is 20.6. The predicted octanol–water partition coefficient (Wildman–Crippen LogP) is 5.10. The molecule has 0 atom stereocenters. The van der Waals surface area contributed by atoms with E-state index in [1.807, 2.05) is 79.2 Å². The maximum absolute atomic E-state index is 10.3. The van der Waals surface area contributed by atoms with Crippen molar-refractivity contribution in [1.82, 2.24) is 15.0 Å². The van der Waals surface area contributed by atoms with Gasteiger partial charge in [0, 0.05) is 0 Å². The van der Waals surface area contributed by atoms with Crippen LogP contribution in [0.3, 0.4) is 0 Å². The van der Waals surface area contributed by atoms with Crippen LogP contribution < -0.4 is 4.74 Å². The van der Waals surface area contributed by atoms with E-state index < -0.39 is 5.60 Å². The van der Waals surface area contributed by atoms with Crippen LogP contribution in [0.15, 0.2) is 66.7 Å². The first-order chi connectivity index (χ1) is 13.8. The lowest BCUT2D eigenvalue weighted by atomic mass is 9.94. The Labute approximate surface area is 170 Å². The lowest BCUT2D eigenvalue weighted by Gasteiger charge is -2.18. The summed E-state index contributed by atoms with van der Waals surface area (Å²) in [6, 6.07) is 21.9. The molecule has 1 heterocycles. The highest BCUT2D eigenvalue weighted by Crippen LogP contribution is 2.29. The summed E-state index contributed by atoms with van der Waals surface area (Å²) in [6.07, 6.45) is 0.135. The molecule has 5 heteroatoms. The number of rotatable bonds is 5. The van der Waals surface area contributed by atoms with Gasteiger partial charge in [-0.3, -0.25) is 0 Å². The molecule has 0 saturated heterocycles. The first kappa shape index (κ1) is 19.2. The number of benzene rings is 3. The molecule has 4 rings (SSSR count). The van der Waals surface area contributed by atoms with Crippen LogP contribution in [-0.4, -0.2) is 26.2 Å². The van der Waals surface area contributed by atoms with Crippen molar-refractivity contribution in [2.24, 2.45) is 0 Å². The van der Waals surface area contributed by atoms with Crippen molar-refractivity contribution in [3.8, 4) is 22.6 Å². The Morgan fingerprint density at radius 2 is 1.66 bits per heavy atom. The highest BCUT2D eigenvalue weighted by Gasteiger charge is 2.16. The van der Waals surface area contributed by atoms with Gasteiger partial charge in [0.15, 0.2) is 0 Å². The summed E-state index contributed by atoms with van der Waals surface area (Å²) in [6.45, 7) is 7.60. The monoisotopic (exact) mass is 387 g/mol. The predicted molar refractivity (Wildman–Crippen MR) is 115 cm³/mol. The van der Waals surface area contributed by atoms with E-state index in [1.165, 1.54) is 0 Å². The summed E-state index contributed by atoms with van der Waals surface area (Å²) in [5.74, 6) is 0.831. The van der Waals surface area contributed by atoms with Gasteiger partial charge >= 0.3 is 0 Å². The maximum Gasteiger partial charge on any atom is 0.119 e. The van der Waals surface area contributed by atoms with E-state index in [2.05, 4.69) is 16.4 Å². The molecule has 0 amide bonds. The molecule has 3 aromatic carbocycles. The van der Waals surface area contributed by atoms with Gasteiger partial charge < -0.3 is 9.84 Å². The maximum atomic E-state index is 10.3. The van der Waals surface area contributed by atoms with Gasteiger partial charge in [0.1, 0.15) is 11.3 Å². The Bertz CT molecular complexity index is 1140. The van der Waals surface area contributed by atoms with Crippen LogP contribution in [0, 0.1) is 0 Å². The zero-order valence-corrected chi connectivity index (χ0v) is 17.1. The molecule has 5 nitrogen and oxygen atoms in total. The standard InChI is InChI=1S/C24H25N3O2/c1-16(2)29-21-11-9-20(10-12-21)27-23-15-18(8-13-22(23)25-26-27)17-6-5-7-19(14-17)24(3,4)28/h5-16,28H,1-4H3. The molecule has 1 N–H and O–H groups in total. The first-order valence-electron chi connectivity index (χ1n) is 9.77. The van der Waals surface area contributed by atoms with Crippen LogP contribution in [0.2, 0.25) is 0 Å². The molecule has 0 aliphatic carbocycles. The minimum atomic E-state index is -0.886. The molecule has 0 unspecified atom stereocenters. The van der Waals surface area contributed by atoms with Crippen molar-refractivity contribution in [3.63, 3.8) is 0 Å². The van der Waals surface area contributed by atoms with Crippen molar-refractivity contribution in [1.29, 1.82) is 0 Å². The fourth-order valence-electron chi connectivity index (χ4n) is 3.31. The average molecular weight is 387 g/mol. The zero-order valence-electron chi connectivity index (χ0n) is 17.1. The minimum Gasteiger partial charge on any atom is -0.491 e. The summed E-state index contributed by atoms with van der Waals surface area (Å²) < 4.78 is 7.56. The molecule has 0 fully saturated rings. The van der Waals surface area contributed by atoms with Crippen molar-refractivity contribution >= 4 is 11.0 Å². The molecule has 148 valence electrons. The highest BCUT2D eigenvalue weighted by atomic mass is 16.5. The van der Waals surface area contributed by atoms with Gasteiger partial charge in [-0.2, -0.15) is 0 Å². The number of ether oxygens (including phenoxy) is 1. The number of aliphatic hydroxyl groups is 1. The summed E-state index contributed by atoms with van der Waals surface area (Å²) in [5, 5.41) is 19.0. The van der Waals surface area contributed by atoms with Gasteiger partial charge in [-0.1, -0.05) is 29.5 Å². The first-order valence-corrected chi connectivity index (χ1v) is 9.77. The highest BCUT2D eigenvalue weighted by molar-refractivity contribution is 5.83. The summed E-state index contributed by atoms with van der Waals surface area (Å²) in [7, 11) is 0. The molecule has 29 heavy (non-hydrogen) atoms. The molecule has 1 aromatic heterocycles. The fraction of sp³-hybridized carbons (Fsp3) is 0.250. The van der Waals surface area contributed by atoms with Crippen molar-refractivity contribution in [2.75, 3.05) is 0 Å². The topological polar surface area (TPSA) is 60.2 Å². The van der Waals surface area contributed by atoms with Crippen molar-refractivity contribution in [3.05, 3.63) is 72.3 Å². The van der Waals surface area contributed by atoms with Crippen LogP contribution in [0.5, 0.6) is 5.75 Å². The Morgan fingerprint density at radius 1 is 0.931 bits per heavy atom. The quantitative estimate of drug-likeness (QED) is 0.517. The second kappa shape index (κ2) is 7.33. The Hall–Kier alpha value is -3.18. The smallest absolute Gasteiger partial charge is 0.119 e. The molecule has 0 aliphatic heterocycles. The fourth-order valence-corrected chi connectivity index (χ4v) is 3.31. The van der Waals surface area contributed by atoms with Crippen LogP contribution in [0.1, 0.15) is 33.3 Å². The van der Waals surface area contributed by atoms with E-state index in [4.69, 9.17) is 4.74 Å². The molecule has 0 spiro atoms. The third-order valence-corrected chi connectivity index (χ3v) is 4.80. The third-order valence-electron chi connectivity index (χ3n) is 4.80. The second-order valence-electron chi connectivity index (χ2n) is 8.01. The number of hydrogen-bond donors (Lipinski definition) is 1. The molecule has 0 radical (unpaired) electrons. The van der Waals surface area contributed by atoms with E-state index in [0.29, 0.717) is 0 Å². The van der Waals surface area contributed by atoms with E-state index in [1.54, 1.807) is 13.8 Å². The largest absolute Gasteiger partial charge is 0.491 e. The van der Waals surface area contributed by atoms with E-state index in [9.17, 15) is 5.11 Å². The van der Waals surface area contributed by atoms with Crippen molar-refractivity contribution < 1.29 is 9.84 Å². The van der Waals surface area contributed by atoms with Crippen LogP contribution in [0.25, 0.3) is 27.8 Å². The molecular weight excluding hydrogens is 362 g/mol. The summed E-state index contributed by atoms with van der Waals surface area (Å²) >= 11 is 0. The summed E-state index contributed by atoms with van der Waals surface area (Å²) in [4.78, 5) is 0. The minimum absolute atomic E-state index is 0.135.